The Balaban J connectivity index is 1.47. The normalized spacial score (nSPS) is 12.3. The molecule has 34 heavy (non-hydrogen) atoms. The van der Waals surface area contributed by atoms with Gasteiger partial charge in [0.15, 0.2) is 0 Å². The van der Waals surface area contributed by atoms with Crippen LogP contribution in [0, 0.1) is 20.8 Å². The van der Waals surface area contributed by atoms with Crippen LogP contribution in [-0.4, -0.2) is 35.5 Å². The van der Waals surface area contributed by atoms with Crippen molar-refractivity contribution in [3.63, 3.8) is 0 Å². The Morgan fingerprint density at radius 2 is 1.94 bits per heavy atom. The molecule has 0 fully saturated rings. The summed E-state index contributed by atoms with van der Waals surface area (Å²) < 4.78 is 6.81. The number of aliphatic hydroxyl groups excluding tert-OH is 1. The highest BCUT2D eigenvalue weighted by Crippen LogP contribution is 2.32. The third kappa shape index (κ3) is 3.97. The van der Waals surface area contributed by atoms with Crippen LogP contribution in [0.3, 0.4) is 0 Å². The molecule has 172 valence electrons. The van der Waals surface area contributed by atoms with Gasteiger partial charge in [0, 0.05) is 29.9 Å². The standard InChI is InChI=1S/C24H22N6O3S/c1-12-5-6-16(22-27-15(4)33-29-22)9-18(12)28-23(32)19-10-25-20-8-7-17(11-30(19)20)24-26-13(2)21(34-24)14(3)31/h5-11,14,31H,1-4H3,(H,28,32). The van der Waals surface area contributed by atoms with Crippen LogP contribution >= 0.6 is 11.3 Å². The van der Waals surface area contributed by atoms with Crippen molar-refractivity contribution in [3.05, 3.63) is 70.4 Å². The second kappa shape index (κ2) is 8.47. The summed E-state index contributed by atoms with van der Waals surface area (Å²) >= 11 is 1.44. The molecular weight excluding hydrogens is 452 g/mol. The molecular formula is C24H22N6O3S. The molecule has 1 aromatic carbocycles. The molecule has 1 amide bonds. The van der Waals surface area contributed by atoms with Gasteiger partial charge in [-0.25, -0.2) is 9.97 Å². The first-order valence-electron chi connectivity index (χ1n) is 10.7. The maximum atomic E-state index is 13.2. The molecule has 4 heterocycles. The number of anilines is 1. The minimum Gasteiger partial charge on any atom is -0.388 e. The minimum absolute atomic E-state index is 0.297. The van der Waals surface area contributed by atoms with Crippen LogP contribution in [0.2, 0.25) is 0 Å². The van der Waals surface area contributed by atoms with E-state index in [9.17, 15) is 9.90 Å². The number of nitrogens with one attached hydrogen (secondary N) is 1. The molecule has 9 nitrogen and oxygen atoms in total. The summed E-state index contributed by atoms with van der Waals surface area (Å²) in [7, 11) is 0. The fourth-order valence-electron chi connectivity index (χ4n) is 3.69. The fraction of sp³-hybridized carbons (Fsp3) is 0.208. The molecule has 0 aliphatic heterocycles. The van der Waals surface area contributed by atoms with Crippen molar-refractivity contribution in [1.82, 2.24) is 24.5 Å². The van der Waals surface area contributed by atoms with Crippen molar-refractivity contribution in [2.24, 2.45) is 0 Å². The number of carbonyl (C=O) groups excluding carboxylic acids is 1. The van der Waals surface area contributed by atoms with Crippen molar-refractivity contribution < 1.29 is 14.4 Å². The SMILES string of the molecule is Cc1nc(-c2ccc(C)c(NC(=O)c3cnc4ccc(-c5nc(C)c(C(C)O)s5)cn34)c2)no1. The maximum absolute atomic E-state index is 13.2. The van der Waals surface area contributed by atoms with Gasteiger partial charge in [-0.05, 0) is 44.5 Å². The Morgan fingerprint density at radius 3 is 2.65 bits per heavy atom. The Kier molecular flexibility index (Phi) is 5.46. The first-order valence-corrected chi connectivity index (χ1v) is 11.5. The molecule has 1 atom stereocenters. The fourth-order valence-corrected chi connectivity index (χ4v) is 4.69. The second-order valence-electron chi connectivity index (χ2n) is 8.05. The van der Waals surface area contributed by atoms with Crippen molar-refractivity contribution in [1.29, 1.82) is 0 Å². The lowest BCUT2D eigenvalue weighted by atomic mass is 10.1. The molecule has 5 rings (SSSR count). The van der Waals surface area contributed by atoms with E-state index in [1.54, 1.807) is 24.4 Å². The predicted molar refractivity (Wildman–Crippen MR) is 129 cm³/mol. The van der Waals surface area contributed by atoms with E-state index < -0.39 is 6.10 Å². The molecule has 5 aromatic rings. The van der Waals surface area contributed by atoms with Crippen LogP contribution in [0.4, 0.5) is 5.69 Å². The highest BCUT2D eigenvalue weighted by molar-refractivity contribution is 7.15. The Labute approximate surface area is 199 Å². The Hall–Kier alpha value is -3.89. The van der Waals surface area contributed by atoms with E-state index in [4.69, 9.17) is 4.52 Å². The number of benzene rings is 1. The molecule has 0 aliphatic carbocycles. The summed E-state index contributed by atoms with van der Waals surface area (Å²) in [6.45, 7) is 7.24. The zero-order valence-electron chi connectivity index (χ0n) is 19.0. The highest BCUT2D eigenvalue weighted by atomic mass is 32.1. The number of pyridine rings is 1. The van der Waals surface area contributed by atoms with Crippen molar-refractivity contribution in [2.75, 3.05) is 5.32 Å². The van der Waals surface area contributed by atoms with Gasteiger partial charge in [-0.15, -0.1) is 11.3 Å². The molecule has 0 saturated heterocycles. The summed E-state index contributed by atoms with van der Waals surface area (Å²) in [5, 5.41) is 17.7. The third-order valence-electron chi connectivity index (χ3n) is 5.47. The van der Waals surface area contributed by atoms with Crippen LogP contribution in [0.5, 0.6) is 0 Å². The maximum Gasteiger partial charge on any atom is 0.274 e. The quantitative estimate of drug-likeness (QED) is 0.378. The average Bonchev–Trinajstić information content (AvgIpc) is 3.52. The van der Waals surface area contributed by atoms with Gasteiger partial charge in [0.2, 0.25) is 11.7 Å². The lowest BCUT2D eigenvalue weighted by molar-refractivity contribution is 0.102. The number of carbonyl (C=O) groups is 1. The van der Waals surface area contributed by atoms with Gasteiger partial charge in [0.25, 0.3) is 5.91 Å². The van der Waals surface area contributed by atoms with Gasteiger partial charge in [-0.2, -0.15) is 4.98 Å². The number of aliphatic hydroxyl groups is 1. The van der Waals surface area contributed by atoms with Gasteiger partial charge in [-0.3, -0.25) is 9.20 Å². The third-order valence-corrected chi connectivity index (χ3v) is 6.85. The molecule has 2 N–H and O–H groups in total. The number of aromatic nitrogens is 5. The topological polar surface area (TPSA) is 118 Å². The van der Waals surface area contributed by atoms with E-state index in [-0.39, 0.29) is 5.91 Å². The van der Waals surface area contributed by atoms with Crippen molar-refractivity contribution >= 4 is 28.6 Å². The summed E-state index contributed by atoms with van der Waals surface area (Å²) in [6, 6.07) is 9.35. The average molecular weight is 475 g/mol. The number of fused-ring (bicyclic) bond motifs is 1. The van der Waals surface area contributed by atoms with E-state index in [0.717, 1.165) is 32.3 Å². The zero-order valence-corrected chi connectivity index (χ0v) is 19.8. The van der Waals surface area contributed by atoms with Gasteiger partial charge < -0.3 is 14.9 Å². The summed E-state index contributed by atoms with van der Waals surface area (Å²) in [5.41, 5.74) is 4.96. The van der Waals surface area contributed by atoms with E-state index in [1.807, 2.05) is 50.4 Å². The predicted octanol–water partition coefficient (Wildman–Crippen LogP) is 4.74. The lowest BCUT2D eigenvalue weighted by Gasteiger charge is -2.10. The molecule has 0 bridgehead atoms. The summed E-state index contributed by atoms with van der Waals surface area (Å²) in [4.78, 5) is 27.3. The highest BCUT2D eigenvalue weighted by Gasteiger charge is 2.18. The van der Waals surface area contributed by atoms with Crippen LogP contribution in [-0.2, 0) is 0 Å². The minimum atomic E-state index is -0.583. The van der Waals surface area contributed by atoms with E-state index in [0.29, 0.717) is 28.7 Å². The van der Waals surface area contributed by atoms with Gasteiger partial charge in [0.05, 0.1) is 22.9 Å². The lowest BCUT2D eigenvalue weighted by Crippen LogP contribution is -2.15. The number of nitrogens with zero attached hydrogens (tertiary/aromatic N) is 5. The molecule has 0 aliphatic rings. The van der Waals surface area contributed by atoms with E-state index >= 15 is 0 Å². The van der Waals surface area contributed by atoms with Crippen LogP contribution in [0.1, 0.15) is 45.5 Å². The number of amides is 1. The number of thiazole rings is 1. The smallest absolute Gasteiger partial charge is 0.274 e. The number of rotatable bonds is 5. The Morgan fingerprint density at radius 1 is 1.15 bits per heavy atom. The molecule has 4 aromatic heterocycles. The van der Waals surface area contributed by atoms with Gasteiger partial charge in [-0.1, -0.05) is 17.3 Å². The molecule has 0 spiro atoms. The zero-order chi connectivity index (χ0) is 24.0. The molecule has 0 radical (unpaired) electrons. The van der Waals surface area contributed by atoms with Gasteiger partial charge >= 0.3 is 0 Å². The van der Waals surface area contributed by atoms with Crippen molar-refractivity contribution in [2.45, 2.75) is 33.8 Å². The van der Waals surface area contributed by atoms with Crippen LogP contribution in [0.15, 0.2) is 47.2 Å². The number of aryl methyl sites for hydroxylation is 3. The monoisotopic (exact) mass is 474 g/mol. The van der Waals surface area contributed by atoms with Crippen LogP contribution in [0.25, 0.3) is 27.6 Å². The molecule has 0 saturated carbocycles. The second-order valence-corrected chi connectivity index (χ2v) is 9.09. The first kappa shape index (κ1) is 21.9. The summed E-state index contributed by atoms with van der Waals surface area (Å²) in [6.07, 6.45) is 2.80. The number of hydrogen-bond acceptors (Lipinski definition) is 8. The molecule has 1 unspecified atom stereocenters. The van der Waals surface area contributed by atoms with Crippen molar-refractivity contribution in [3.8, 4) is 22.0 Å². The number of hydrogen-bond donors (Lipinski definition) is 2. The Bertz CT molecular complexity index is 1530. The van der Waals surface area contributed by atoms with Crippen LogP contribution < -0.4 is 5.32 Å². The van der Waals surface area contributed by atoms with Gasteiger partial charge in [0.1, 0.15) is 16.3 Å². The number of imidazole rings is 1. The summed E-state index contributed by atoms with van der Waals surface area (Å²) in [5.74, 6) is 0.635. The van der Waals surface area contributed by atoms with E-state index in [2.05, 4.69) is 25.4 Å². The van der Waals surface area contributed by atoms with E-state index in [1.165, 1.54) is 11.3 Å². The first-order chi connectivity index (χ1) is 16.3. The largest absolute Gasteiger partial charge is 0.388 e. The molecule has 10 heteroatoms.